The van der Waals surface area contributed by atoms with Gasteiger partial charge in [-0.15, -0.1) is 0 Å². The summed E-state index contributed by atoms with van der Waals surface area (Å²) in [5, 5.41) is 3.26. The maximum atomic E-state index is 5.58. The van der Waals surface area contributed by atoms with Gasteiger partial charge in [-0.1, -0.05) is 6.92 Å². The van der Waals surface area contributed by atoms with E-state index in [0.29, 0.717) is 5.96 Å². The molecule has 0 aromatic heterocycles. The van der Waals surface area contributed by atoms with E-state index in [9.17, 15) is 0 Å². The summed E-state index contributed by atoms with van der Waals surface area (Å²) in [5.74, 6) is 0.576. The highest BCUT2D eigenvalue weighted by Crippen LogP contribution is 2.34. The summed E-state index contributed by atoms with van der Waals surface area (Å²) in [4.78, 5) is 3.89. The van der Waals surface area contributed by atoms with Crippen LogP contribution in [0.4, 0.5) is 0 Å². The van der Waals surface area contributed by atoms with E-state index >= 15 is 0 Å². The molecule has 64 valence electrons. The van der Waals surface area contributed by atoms with Gasteiger partial charge in [0.2, 0.25) is 0 Å². The lowest BCUT2D eigenvalue weighted by molar-refractivity contribution is 0.209. The van der Waals surface area contributed by atoms with Gasteiger partial charge in [-0.05, 0) is 25.7 Å². The Labute approximate surface area is 68.1 Å². The number of nitrogens with zero attached hydrogens (tertiary/aromatic N) is 1. The maximum absolute atomic E-state index is 5.58. The van der Waals surface area contributed by atoms with Gasteiger partial charge in [0, 0.05) is 12.6 Å². The second kappa shape index (κ2) is 3.11. The van der Waals surface area contributed by atoms with Crippen molar-refractivity contribution in [2.24, 2.45) is 10.7 Å². The zero-order chi connectivity index (χ0) is 8.32. The average Bonchev–Trinajstić information content (AvgIpc) is 1.96. The maximum Gasteiger partial charge on any atom is 0.188 e. The first-order valence-corrected chi connectivity index (χ1v) is 4.23. The summed E-state index contributed by atoms with van der Waals surface area (Å²) in [6.07, 6.45) is 4.93. The molecule has 0 aromatic carbocycles. The molecule has 3 heteroatoms. The highest BCUT2D eigenvalue weighted by molar-refractivity contribution is 5.78. The third kappa shape index (κ3) is 1.64. The van der Waals surface area contributed by atoms with Crippen LogP contribution in [0.3, 0.4) is 0 Å². The minimum absolute atomic E-state index is 0.281. The smallest absolute Gasteiger partial charge is 0.188 e. The Morgan fingerprint density at radius 2 is 2.27 bits per heavy atom. The zero-order valence-corrected chi connectivity index (χ0v) is 7.35. The Morgan fingerprint density at radius 3 is 2.55 bits per heavy atom. The number of nitrogens with one attached hydrogen (secondary N) is 1. The van der Waals surface area contributed by atoms with Gasteiger partial charge in [-0.3, -0.25) is 4.99 Å². The third-order valence-electron chi connectivity index (χ3n) is 2.62. The van der Waals surface area contributed by atoms with Gasteiger partial charge in [0.25, 0.3) is 0 Å². The monoisotopic (exact) mass is 155 g/mol. The number of hydrogen-bond acceptors (Lipinski definition) is 1. The van der Waals surface area contributed by atoms with Crippen molar-refractivity contribution in [2.75, 3.05) is 7.05 Å². The third-order valence-corrected chi connectivity index (χ3v) is 2.62. The summed E-state index contributed by atoms with van der Waals surface area (Å²) in [6, 6.07) is 0. The quantitative estimate of drug-likeness (QED) is 0.459. The van der Waals surface area contributed by atoms with Gasteiger partial charge in [-0.25, -0.2) is 0 Å². The SMILES string of the molecule is CCC1(NC(N)=NC)CCC1. The predicted molar refractivity (Wildman–Crippen MR) is 47.6 cm³/mol. The molecule has 1 fully saturated rings. The minimum Gasteiger partial charge on any atom is -0.370 e. The highest BCUT2D eigenvalue weighted by atomic mass is 15.1. The van der Waals surface area contributed by atoms with Crippen LogP contribution in [0, 0.1) is 0 Å². The fraction of sp³-hybridized carbons (Fsp3) is 0.875. The van der Waals surface area contributed by atoms with Gasteiger partial charge >= 0.3 is 0 Å². The number of aliphatic imine (C=N–C) groups is 1. The van der Waals surface area contributed by atoms with Crippen LogP contribution in [0.15, 0.2) is 4.99 Å². The van der Waals surface area contributed by atoms with Crippen LogP contribution in [-0.4, -0.2) is 18.5 Å². The predicted octanol–water partition coefficient (Wildman–Crippen LogP) is 0.853. The van der Waals surface area contributed by atoms with Crippen molar-refractivity contribution in [3.63, 3.8) is 0 Å². The van der Waals surface area contributed by atoms with E-state index in [4.69, 9.17) is 5.73 Å². The van der Waals surface area contributed by atoms with Crippen molar-refractivity contribution < 1.29 is 0 Å². The van der Waals surface area contributed by atoms with E-state index in [-0.39, 0.29) is 5.54 Å². The second-order valence-corrected chi connectivity index (χ2v) is 3.22. The molecule has 3 nitrogen and oxygen atoms in total. The number of nitrogens with two attached hydrogens (primary N) is 1. The van der Waals surface area contributed by atoms with Crippen molar-refractivity contribution in [2.45, 2.75) is 38.1 Å². The highest BCUT2D eigenvalue weighted by Gasteiger charge is 2.35. The van der Waals surface area contributed by atoms with E-state index in [1.54, 1.807) is 7.05 Å². The molecule has 1 rings (SSSR count). The summed E-state index contributed by atoms with van der Waals surface area (Å²) in [6.45, 7) is 2.19. The van der Waals surface area contributed by atoms with Crippen molar-refractivity contribution in [3.05, 3.63) is 0 Å². The molecule has 3 N–H and O–H groups in total. The minimum atomic E-state index is 0.281. The first-order valence-electron chi connectivity index (χ1n) is 4.23. The molecular formula is C8H17N3. The molecule has 0 unspecified atom stereocenters. The molecule has 11 heavy (non-hydrogen) atoms. The molecule has 0 heterocycles. The van der Waals surface area contributed by atoms with E-state index in [1.165, 1.54) is 19.3 Å². The molecule has 0 atom stereocenters. The van der Waals surface area contributed by atoms with Crippen LogP contribution in [0.1, 0.15) is 32.6 Å². The van der Waals surface area contributed by atoms with Crippen LogP contribution in [-0.2, 0) is 0 Å². The lowest BCUT2D eigenvalue weighted by Gasteiger charge is -2.42. The summed E-state index contributed by atoms with van der Waals surface area (Å²) >= 11 is 0. The standard InChI is InChI=1S/C8H17N3/c1-3-8(5-4-6-8)11-7(9)10-2/h3-6H2,1-2H3,(H3,9,10,11). The zero-order valence-electron chi connectivity index (χ0n) is 7.35. The molecule has 0 radical (unpaired) electrons. The molecule has 0 amide bonds. The van der Waals surface area contributed by atoms with Gasteiger partial charge in [-0.2, -0.15) is 0 Å². The average molecular weight is 155 g/mol. The number of rotatable bonds is 2. The van der Waals surface area contributed by atoms with Gasteiger partial charge in [0.05, 0.1) is 0 Å². The van der Waals surface area contributed by atoms with Crippen LogP contribution in [0.5, 0.6) is 0 Å². The number of hydrogen-bond donors (Lipinski definition) is 2. The van der Waals surface area contributed by atoms with Crippen LogP contribution < -0.4 is 11.1 Å². The fourth-order valence-corrected chi connectivity index (χ4v) is 1.50. The van der Waals surface area contributed by atoms with Gasteiger partial charge < -0.3 is 11.1 Å². The Balaban J connectivity index is 2.44. The fourth-order valence-electron chi connectivity index (χ4n) is 1.50. The molecule has 1 aliphatic rings. The molecule has 0 aliphatic heterocycles. The Morgan fingerprint density at radius 1 is 1.64 bits per heavy atom. The molecular weight excluding hydrogens is 138 g/mol. The first kappa shape index (κ1) is 8.37. The van der Waals surface area contributed by atoms with Gasteiger partial charge in [0.15, 0.2) is 5.96 Å². The van der Waals surface area contributed by atoms with Crippen molar-refractivity contribution >= 4 is 5.96 Å². The lowest BCUT2D eigenvalue weighted by atomic mass is 9.75. The van der Waals surface area contributed by atoms with Crippen LogP contribution in [0.2, 0.25) is 0 Å². The van der Waals surface area contributed by atoms with Crippen molar-refractivity contribution in [3.8, 4) is 0 Å². The molecule has 0 saturated heterocycles. The first-order chi connectivity index (χ1) is 5.22. The lowest BCUT2D eigenvalue weighted by Crippen LogP contribution is -2.55. The Hall–Kier alpha value is -0.730. The second-order valence-electron chi connectivity index (χ2n) is 3.22. The van der Waals surface area contributed by atoms with Crippen LogP contribution >= 0.6 is 0 Å². The molecule has 0 aromatic rings. The largest absolute Gasteiger partial charge is 0.370 e. The normalized spacial score (nSPS) is 22.5. The summed E-state index contributed by atoms with van der Waals surface area (Å²) in [7, 11) is 1.71. The molecule has 1 saturated carbocycles. The molecule has 0 bridgehead atoms. The van der Waals surface area contributed by atoms with Crippen molar-refractivity contribution in [1.29, 1.82) is 0 Å². The van der Waals surface area contributed by atoms with Gasteiger partial charge in [0.1, 0.15) is 0 Å². The topological polar surface area (TPSA) is 50.4 Å². The Bertz CT molecular complexity index is 153. The van der Waals surface area contributed by atoms with E-state index in [0.717, 1.165) is 6.42 Å². The number of guanidine groups is 1. The van der Waals surface area contributed by atoms with Crippen LogP contribution in [0.25, 0.3) is 0 Å². The summed E-state index contributed by atoms with van der Waals surface area (Å²) < 4.78 is 0. The van der Waals surface area contributed by atoms with E-state index < -0.39 is 0 Å². The van der Waals surface area contributed by atoms with E-state index in [2.05, 4.69) is 17.2 Å². The van der Waals surface area contributed by atoms with E-state index in [1.807, 2.05) is 0 Å². The molecule has 1 aliphatic carbocycles. The molecule has 0 spiro atoms. The Kier molecular flexibility index (Phi) is 2.37. The summed E-state index contributed by atoms with van der Waals surface area (Å²) in [5.41, 5.74) is 5.86. The van der Waals surface area contributed by atoms with Crippen molar-refractivity contribution in [1.82, 2.24) is 5.32 Å².